The number of ketones is 1. The van der Waals surface area contributed by atoms with Crippen LogP contribution in [0.15, 0.2) is 23.3 Å². The molecule has 0 aromatic rings. The van der Waals surface area contributed by atoms with Crippen LogP contribution >= 0.6 is 0 Å². The third kappa shape index (κ3) is 5.09. The average molecular weight is 445 g/mol. The summed E-state index contributed by atoms with van der Waals surface area (Å²) < 4.78 is 6.56. The van der Waals surface area contributed by atoms with E-state index < -0.39 is 11.7 Å². The van der Waals surface area contributed by atoms with Gasteiger partial charge in [0.15, 0.2) is 0 Å². The zero-order valence-electron chi connectivity index (χ0n) is 21.8. The van der Waals surface area contributed by atoms with E-state index in [0.29, 0.717) is 18.1 Å². The number of Topliss-reactive ketones (excluding diaryl/α,β-unsaturated/α-hetero) is 1. The van der Waals surface area contributed by atoms with Crippen LogP contribution in [0.1, 0.15) is 113 Å². The number of carbonyl (C=O) groups excluding carboxylic acids is 1. The monoisotopic (exact) mass is 444 g/mol. The smallest absolute Gasteiger partial charge is 0.136 e. The highest BCUT2D eigenvalue weighted by atomic mass is 16.5. The lowest BCUT2D eigenvalue weighted by atomic mass is 9.52. The van der Waals surface area contributed by atoms with E-state index in [1.807, 2.05) is 13.8 Å². The van der Waals surface area contributed by atoms with Crippen LogP contribution in [0.3, 0.4) is 0 Å². The minimum atomic E-state index is -0.486. The van der Waals surface area contributed by atoms with Crippen molar-refractivity contribution in [3.63, 3.8) is 0 Å². The summed E-state index contributed by atoms with van der Waals surface area (Å²) in [5.41, 5.74) is 2.42. The number of ether oxygens (including phenoxy) is 1. The first-order chi connectivity index (χ1) is 14.9. The van der Waals surface area contributed by atoms with Gasteiger partial charge in [-0.25, -0.2) is 0 Å². The lowest BCUT2D eigenvalue weighted by molar-refractivity contribution is -0.187. The van der Waals surface area contributed by atoms with E-state index in [-0.39, 0.29) is 22.9 Å². The minimum absolute atomic E-state index is 0.0538. The molecule has 0 bridgehead atoms. The van der Waals surface area contributed by atoms with E-state index >= 15 is 0 Å². The second-order valence-corrected chi connectivity index (χ2v) is 12.4. The summed E-state index contributed by atoms with van der Waals surface area (Å²) in [7, 11) is 0. The van der Waals surface area contributed by atoms with Gasteiger partial charge in [0.2, 0.25) is 0 Å². The van der Waals surface area contributed by atoms with Crippen molar-refractivity contribution in [1.82, 2.24) is 0 Å². The maximum absolute atomic E-state index is 13.4. The quantitative estimate of drug-likeness (QED) is 0.423. The SMILES string of the molecule is CC(C)=CCC/C(C)=C/CCC(=O)[C@H]1CC[C@H]2[C@@]1(C)CC[C@H]1OC(C)(C)[C@H](O)CC[C@]21C. The number of hydrogen-bond acceptors (Lipinski definition) is 3. The molecule has 3 heteroatoms. The Bertz CT molecular complexity index is 744. The Hall–Kier alpha value is -0.930. The second-order valence-electron chi connectivity index (χ2n) is 12.4. The first-order valence-corrected chi connectivity index (χ1v) is 13.1. The normalized spacial score (nSPS) is 39.1. The van der Waals surface area contributed by atoms with Crippen LogP contribution in [0.4, 0.5) is 0 Å². The van der Waals surface area contributed by atoms with Crippen molar-refractivity contribution in [3.8, 4) is 0 Å². The summed E-state index contributed by atoms with van der Waals surface area (Å²) in [4.78, 5) is 13.4. The average Bonchev–Trinajstić information content (AvgIpc) is 3.02. The first kappa shape index (κ1) is 25.7. The van der Waals surface area contributed by atoms with Crippen LogP contribution < -0.4 is 0 Å². The van der Waals surface area contributed by atoms with E-state index in [1.54, 1.807) is 0 Å². The summed E-state index contributed by atoms with van der Waals surface area (Å²) in [6, 6.07) is 0. The molecule has 1 N–H and O–H groups in total. The molecule has 1 heterocycles. The van der Waals surface area contributed by atoms with Gasteiger partial charge in [-0.2, -0.15) is 0 Å². The van der Waals surface area contributed by atoms with Crippen LogP contribution in [0.25, 0.3) is 0 Å². The fourth-order valence-electron chi connectivity index (χ4n) is 7.29. The zero-order valence-corrected chi connectivity index (χ0v) is 21.8. The summed E-state index contributed by atoms with van der Waals surface area (Å²) in [6.07, 6.45) is 14.1. The van der Waals surface area contributed by atoms with Crippen LogP contribution in [0.2, 0.25) is 0 Å². The van der Waals surface area contributed by atoms with Gasteiger partial charge >= 0.3 is 0 Å². The number of fused-ring (bicyclic) bond motifs is 3. The van der Waals surface area contributed by atoms with Gasteiger partial charge in [-0.1, -0.05) is 37.1 Å². The predicted molar refractivity (Wildman–Crippen MR) is 133 cm³/mol. The number of aliphatic hydroxyl groups is 1. The van der Waals surface area contributed by atoms with Crippen LogP contribution in [0, 0.1) is 22.7 Å². The number of hydrogen-bond donors (Lipinski definition) is 1. The molecule has 6 atom stereocenters. The molecule has 1 aliphatic heterocycles. The Kier molecular flexibility index (Phi) is 7.82. The fraction of sp³-hybridized carbons (Fsp3) is 0.828. The molecule has 0 radical (unpaired) electrons. The van der Waals surface area contributed by atoms with Gasteiger partial charge in [0.25, 0.3) is 0 Å². The highest BCUT2D eigenvalue weighted by Crippen LogP contribution is 2.65. The van der Waals surface area contributed by atoms with E-state index in [4.69, 9.17) is 4.74 Å². The number of carbonyl (C=O) groups is 1. The third-order valence-electron chi connectivity index (χ3n) is 9.38. The Morgan fingerprint density at radius 2 is 1.56 bits per heavy atom. The van der Waals surface area contributed by atoms with Gasteiger partial charge in [-0.05, 0) is 109 Å². The Morgan fingerprint density at radius 1 is 0.906 bits per heavy atom. The number of aliphatic hydroxyl groups excluding tert-OH is 1. The third-order valence-corrected chi connectivity index (χ3v) is 9.38. The van der Waals surface area contributed by atoms with Crippen LogP contribution in [0.5, 0.6) is 0 Å². The molecule has 3 nitrogen and oxygen atoms in total. The molecule has 1 saturated heterocycles. The molecule has 3 fully saturated rings. The fourth-order valence-corrected chi connectivity index (χ4v) is 7.29. The van der Waals surface area contributed by atoms with Crippen molar-refractivity contribution < 1.29 is 14.6 Å². The molecule has 3 aliphatic rings. The lowest BCUT2D eigenvalue weighted by Crippen LogP contribution is -2.53. The van der Waals surface area contributed by atoms with E-state index in [2.05, 4.69) is 46.8 Å². The van der Waals surface area contributed by atoms with Crippen LogP contribution in [-0.2, 0) is 9.53 Å². The molecule has 0 unspecified atom stereocenters. The van der Waals surface area contributed by atoms with Crippen molar-refractivity contribution in [2.75, 3.05) is 0 Å². The largest absolute Gasteiger partial charge is 0.390 e. The van der Waals surface area contributed by atoms with Crippen molar-refractivity contribution in [2.45, 2.75) is 130 Å². The maximum atomic E-state index is 13.4. The van der Waals surface area contributed by atoms with Gasteiger partial charge in [-0.3, -0.25) is 4.79 Å². The minimum Gasteiger partial charge on any atom is -0.390 e. The molecule has 32 heavy (non-hydrogen) atoms. The summed E-state index contributed by atoms with van der Waals surface area (Å²) in [6.45, 7) is 15.3. The maximum Gasteiger partial charge on any atom is 0.136 e. The van der Waals surface area contributed by atoms with Gasteiger partial charge < -0.3 is 9.84 Å². The summed E-state index contributed by atoms with van der Waals surface area (Å²) in [5.74, 6) is 1.16. The van der Waals surface area contributed by atoms with Crippen molar-refractivity contribution >= 4 is 5.78 Å². The molecule has 2 aliphatic carbocycles. The van der Waals surface area contributed by atoms with Crippen molar-refractivity contribution in [2.24, 2.45) is 22.7 Å². The van der Waals surface area contributed by atoms with E-state index in [9.17, 15) is 9.90 Å². The van der Waals surface area contributed by atoms with E-state index in [0.717, 1.165) is 57.8 Å². The van der Waals surface area contributed by atoms with Gasteiger partial charge in [0.05, 0.1) is 17.8 Å². The van der Waals surface area contributed by atoms with Crippen molar-refractivity contribution in [3.05, 3.63) is 23.3 Å². The van der Waals surface area contributed by atoms with Gasteiger partial charge in [-0.15, -0.1) is 0 Å². The Morgan fingerprint density at radius 3 is 2.25 bits per heavy atom. The standard InChI is InChI=1S/C29H48O3/c1-20(2)10-8-11-21(3)12-9-13-23(30)22-14-15-24-28(22,6)19-17-26-29(24,7)18-16-25(31)27(4,5)32-26/h10,12,22,24-26,31H,8-9,11,13-19H2,1-7H3/b21-12+/t22-,24+,25-,26-,28+,29-/m1/s1. The number of allylic oxidation sites excluding steroid dienone is 4. The molecule has 2 saturated carbocycles. The molecule has 0 amide bonds. The van der Waals surface area contributed by atoms with E-state index in [1.165, 1.54) is 11.1 Å². The molecule has 0 aromatic heterocycles. The molecular formula is C29H48O3. The zero-order chi connectivity index (χ0) is 23.7. The Balaban J connectivity index is 1.64. The predicted octanol–water partition coefficient (Wildman–Crippen LogP) is 7.18. The highest BCUT2D eigenvalue weighted by molar-refractivity contribution is 5.82. The molecule has 182 valence electrons. The van der Waals surface area contributed by atoms with Crippen molar-refractivity contribution in [1.29, 1.82) is 0 Å². The first-order valence-electron chi connectivity index (χ1n) is 13.1. The summed E-state index contributed by atoms with van der Waals surface area (Å²) >= 11 is 0. The van der Waals surface area contributed by atoms with Crippen LogP contribution in [-0.4, -0.2) is 28.7 Å². The lowest BCUT2D eigenvalue weighted by Gasteiger charge is -2.54. The second kappa shape index (κ2) is 9.74. The number of rotatable bonds is 7. The molecule has 0 aromatic carbocycles. The topological polar surface area (TPSA) is 46.5 Å². The van der Waals surface area contributed by atoms with Gasteiger partial charge in [0, 0.05) is 12.3 Å². The highest BCUT2D eigenvalue weighted by Gasteiger charge is 2.62. The summed E-state index contributed by atoms with van der Waals surface area (Å²) in [5, 5.41) is 10.7. The molecular weight excluding hydrogens is 396 g/mol. The van der Waals surface area contributed by atoms with Gasteiger partial charge in [0.1, 0.15) is 5.78 Å². The Labute approximate surface area is 197 Å². The molecule has 3 rings (SSSR count). The molecule has 0 spiro atoms.